The maximum atomic E-state index is 9.96. The molecule has 94 valence electrons. The Kier molecular flexibility index (Phi) is 3.89. The molecular weight excluding hydrogens is 212 g/mol. The van der Waals surface area contributed by atoms with Gasteiger partial charge in [0.2, 0.25) is 0 Å². The van der Waals surface area contributed by atoms with Crippen LogP contribution < -0.4 is 10.6 Å². The second-order valence-electron chi connectivity index (χ2n) is 4.94. The number of aliphatic hydroxyl groups excluding tert-OH is 1. The number of aliphatic hydroxyl groups is 1. The van der Waals surface area contributed by atoms with Gasteiger partial charge in [0.25, 0.3) is 0 Å². The van der Waals surface area contributed by atoms with Gasteiger partial charge in [-0.1, -0.05) is 13.3 Å². The highest BCUT2D eigenvalue weighted by atomic mass is 16.3. The highest BCUT2D eigenvalue weighted by Crippen LogP contribution is 2.26. The Labute approximate surface area is 103 Å². The summed E-state index contributed by atoms with van der Waals surface area (Å²) in [6.45, 7) is 4.07. The number of nitrogens with two attached hydrogens (primary N) is 1. The summed E-state index contributed by atoms with van der Waals surface area (Å²) < 4.78 is 0. The molecule has 0 radical (unpaired) electrons. The van der Waals surface area contributed by atoms with Gasteiger partial charge in [0.1, 0.15) is 0 Å². The van der Waals surface area contributed by atoms with Crippen LogP contribution in [0.3, 0.4) is 0 Å². The molecule has 1 aliphatic rings. The van der Waals surface area contributed by atoms with Crippen molar-refractivity contribution in [3.8, 4) is 0 Å². The standard InChI is InChI=1S/C14H22N2O/c1-2-3-11-10-16(9-8-14(11)17)13-6-4-12(15)5-7-13/h4-7,11,14,17H,2-3,8-10,15H2,1H3/t11-,14+/m0/s1. The predicted molar refractivity (Wildman–Crippen MR) is 72.1 cm³/mol. The summed E-state index contributed by atoms with van der Waals surface area (Å²) in [6, 6.07) is 8.01. The molecule has 0 saturated carbocycles. The molecule has 17 heavy (non-hydrogen) atoms. The van der Waals surface area contributed by atoms with Crippen molar-refractivity contribution in [2.24, 2.45) is 5.92 Å². The van der Waals surface area contributed by atoms with Crippen LogP contribution >= 0.6 is 0 Å². The Morgan fingerprint density at radius 2 is 2.06 bits per heavy atom. The number of hydrogen-bond acceptors (Lipinski definition) is 3. The van der Waals surface area contributed by atoms with Gasteiger partial charge in [-0.05, 0) is 37.1 Å². The second-order valence-corrected chi connectivity index (χ2v) is 4.94. The molecule has 0 aromatic heterocycles. The number of piperidine rings is 1. The molecule has 1 aromatic carbocycles. The highest BCUT2D eigenvalue weighted by Gasteiger charge is 2.26. The fourth-order valence-electron chi connectivity index (χ4n) is 2.59. The third-order valence-corrected chi connectivity index (χ3v) is 3.61. The number of anilines is 2. The maximum Gasteiger partial charge on any atom is 0.0602 e. The number of benzene rings is 1. The van der Waals surface area contributed by atoms with Gasteiger partial charge in [0.15, 0.2) is 0 Å². The van der Waals surface area contributed by atoms with E-state index in [4.69, 9.17) is 5.73 Å². The minimum absolute atomic E-state index is 0.125. The van der Waals surface area contributed by atoms with Crippen molar-refractivity contribution < 1.29 is 5.11 Å². The monoisotopic (exact) mass is 234 g/mol. The van der Waals surface area contributed by atoms with Crippen LogP contribution in [-0.4, -0.2) is 24.3 Å². The average Bonchev–Trinajstić information content (AvgIpc) is 2.33. The van der Waals surface area contributed by atoms with E-state index in [1.54, 1.807) is 0 Å². The van der Waals surface area contributed by atoms with E-state index < -0.39 is 0 Å². The van der Waals surface area contributed by atoms with Gasteiger partial charge in [-0.2, -0.15) is 0 Å². The Morgan fingerprint density at radius 3 is 2.71 bits per heavy atom. The van der Waals surface area contributed by atoms with Crippen molar-refractivity contribution in [2.45, 2.75) is 32.3 Å². The lowest BCUT2D eigenvalue weighted by Gasteiger charge is -2.37. The van der Waals surface area contributed by atoms with E-state index in [-0.39, 0.29) is 6.10 Å². The molecule has 1 saturated heterocycles. The van der Waals surface area contributed by atoms with Gasteiger partial charge < -0.3 is 15.7 Å². The van der Waals surface area contributed by atoms with E-state index in [1.807, 2.05) is 12.1 Å². The normalized spacial score (nSPS) is 24.9. The molecule has 2 atom stereocenters. The maximum absolute atomic E-state index is 9.96. The lowest BCUT2D eigenvalue weighted by atomic mass is 9.90. The van der Waals surface area contributed by atoms with Crippen LogP contribution in [0.25, 0.3) is 0 Å². The van der Waals surface area contributed by atoms with Crippen LogP contribution in [0.2, 0.25) is 0 Å². The van der Waals surface area contributed by atoms with Gasteiger partial charge in [-0.3, -0.25) is 0 Å². The van der Waals surface area contributed by atoms with Crippen molar-refractivity contribution in [1.29, 1.82) is 0 Å². The fourth-order valence-corrected chi connectivity index (χ4v) is 2.59. The van der Waals surface area contributed by atoms with E-state index >= 15 is 0 Å². The molecule has 1 aromatic rings. The number of rotatable bonds is 3. The summed E-state index contributed by atoms with van der Waals surface area (Å²) in [4.78, 5) is 2.35. The van der Waals surface area contributed by atoms with E-state index in [2.05, 4.69) is 24.0 Å². The molecule has 0 bridgehead atoms. The van der Waals surface area contributed by atoms with Crippen LogP contribution in [0.1, 0.15) is 26.2 Å². The molecule has 3 heteroatoms. The van der Waals surface area contributed by atoms with Crippen LogP contribution in [0.5, 0.6) is 0 Å². The molecule has 0 spiro atoms. The SMILES string of the molecule is CCC[C@H]1CN(c2ccc(N)cc2)CC[C@H]1O. The molecule has 0 unspecified atom stereocenters. The van der Waals surface area contributed by atoms with Crippen LogP contribution in [-0.2, 0) is 0 Å². The summed E-state index contributed by atoms with van der Waals surface area (Å²) in [7, 11) is 0. The largest absolute Gasteiger partial charge is 0.399 e. The number of nitrogens with zero attached hydrogens (tertiary/aromatic N) is 1. The van der Waals surface area contributed by atoms with E-state index in [9.17, 15) is 5.11 Å². The van der Waals surface area contributed by atoms with Gasteiger partial charge in [0, 0.05) is 30.4 Å². The van der Waals surface area contributed by atoms with Crippen molar-refractivity contribution in [3.63, 3.8) is 0 Å². The topological polar surface area (TPSA) is 49.5 Å². The fraction of sp³-hybridized carbons (Fsp3) is 0.571. The van der Waals surface area contributed by atoms with Crippen LogP contribution in [0, 0.1) is 5.92 Å². The Bertz CT molecular complexity index is 350. The Morgan fingerprint density at radius 1 is 1.35 bits per heavy atom. The highest BCUT2D eigenvalue weighted by molar-refractivity contribution is 5.53. The first-order chi connectivity index (χ1) is 8.20. The Hall–Kier alpha value is -1.22. The molecule has 0 aliphatic carbocycles. The molecule has 0 amide bonds. The lowest BCUT2D eigenvalue weighted by molar-refractivity contribution is 0.0830. The minimum Gasteiger partial charge on any atom is -0.399 e. The first kappa shape index (κ1) is 12.2. The van der Waals surface area contributed by atoms with Gasteiger partial charge in [-0.15, -0.1) is 0 Å². The quantitative estimate of drug-likeness (QED) is 0.789. The summed E-state index contributed by atoms with van der Waals surface area (Å²) in [5, 5.41) is 9.96. The summed E-state index contributed by atoms with van der Waals surface area (Å²) in [6.07, 6.45) is 2.99. The van der Waals surface area contributed by atoms with Crippen molar-refractivity contribution in [1.82, 2.24) is 0 Å². The molecule has 1 heterocycles. The number of nitrogen functional groups attached to an aromatic ring is 1. The smallest absolute Gasteiger partial charge is 0.0602 e. The summed E-state index contributed by atoms with van der Waals surface area (Å²) in [5.74, 6) is 0.409. The zero-order valence-corrected chi connectivity index (χ0v) is 10.5. The van der Waals surface area contributed by atoms with Crippen molar-refractivity contribution in [3.05, 3.63) is 24.3 Å². The first-order valence-electron chi connectivity index (χ1n) is 6.49. The number of hydrogen-bond donors (Lipinski definition) is 2. The van der Waals surface area contributed by atoms with Gasteiger partial charge in [-0.25, -0.2) is 0 Å². The first-order valence-corrected chi connectivity index (χ1v) is 6.49. The Balaban J connectivity index is 2.04. The zero-order valence-electron chi connectivity index (χ0n) is 10.5. The van der Waals surface area contributed by atoms with Crippen molar-refractivity contribution >= 4 is 11.4 Å². The molecule has 3 nitrogen and oxygen atoms in total. The van der Waals surface area contributed by atoms with E-state index in [0.717, 1.165) is 38.0 Å². The third kappa shape index (κ3) is 2.91. The lowest BCUT2D eigenvalue weighted by Crippen LogP contribution is -2.43. The third-order valence-electron chi connectivity index (χ3n) is 3.61. The predicted octanol–water partition coefficient (Wildman–Crippen LogP) is 2.26. The second kappa shape index (κ2) is 5.41. The summed E-state index contributed by atoms with van der Waals surface area (Å²) in [5.41, 5.74) is 7.71. The van der Waals surface area contributed by atoms with E-state index in [1.165, 1.54) is 5.69 Å². The molecule has 2 rings (SSSR count). The average molecular weight is 234 g/mol. The molecular formula is C14H22N2O. The molecule has 1 fully saturated rings. The van der Waals surface area contributed by atoms with Gasteiger partial charge in [0.05, 0.1) is 6.10 Å². The van der Waals surface area contributed by atoms with E-state index in [0.29, 0.717) is 5.92 Å². The molecule has 1 aliphatic heterocycles. The van der Waals surface area contributed by atoms with Crippen LogP contribution in [0.4, 0.5) is 11.4 Å². The van der Waals surface area contributed by atoms with Gasteiger partial charge >= 0.3 is 0 Å². The van der Waals surface area contributed by atoms with Crippen LogP contribution in [0.15, 0.2) is 24.3 Å². The van der Waals surface area contributed by atoms with Crippen molar-refractivity contribution in [2.75, 3.05) is 23.7 Å². The minimum atomic E-state index is -0.125. The molecule has 3 N–H and O–H groups in total. The summed E-state index contributed by atoms with van der Waals surface area (Å²) >= 11 is 0. The zero-order chi connectivity index (χ0) is 12.3.